The summed E-state index contributed by atoms with van der Waals surface area (Å²) in [5.41, 5.74) is 1.23. The summed E-state index contributed by atoms with van der Waals surface area (Å²) >= 11 is 7.40. The second-order valence-electron chi connectivity index (χ2n) is 4.92. The maximum atomic E-state index is 10.9. The number of rotatable bonds is 6. The zero-order valence-electron chi connectivity index (χ0n) is 13.1. The highest BCUT2D eigenvalue weighted by molar-refractivity contribution is 7.18. The van der Waals surface area contributed by atoms with E-state index < -0.39 is 4.92 Å². The maximum Gasteiger partial charge on any atom is 0.271 e. The Bertz CT molecular complexity index is 916. The first-order valence-corrected chi connectivity index (χ1v) is 8.54. The molecule has 1 aromatic heterocycles. The molecular weight excluding hydrogens is 364 g/mol. The average Bonchev–Trinajstić information content (AvgIpc) is 3.06. The summed E-state index contributed by atoms with van der Waals surface area (Å²) in [5, 5.41) is 23.6. The number of hydrogen-bond donors (Lipinski definition) is 1. The van der Waals surface area contributed by atoms with Crippen LogP contribution in [0.15, 0.2) is 42.5 Å². The maximum absolute atomic E-state index is 10.9. The highest BCUT2D eigenvalue weighted by Crippen LogP contribution is 2.33. The van der Waals surface area contributed by atoms with Crippen LogP contribution in [0.5, 0.6) is 5.75 Å². The number of nitrogens with zero attached hydrogens (tertiary/aromatic N) is 3. The van der Waals surface area contributed by atoms with Crippen molar-refractivity contribution < 1.29 is 9.66 Å². The molecule has 3 rings (SSSR count). The number of anilines is 2. The lowest BCUT2D eigenvalue weighted by molar-refractivity contribution is -0.384. The normalized spacial score (nSPS) is 10.5. The van der Waals surface area contributed by atoms with Gasteiger partial charge in [-0.1, -0.05) is 35.1 Å². The van der Waals surface area contributed by atoms with Gasteiger partial charge >= 0.3 is 0 Å². The highest BCUT2D eigenvalue weighted by Gasteiger charge is 2.13. The van der Waals surface area contributed by atoms with Crippen LogP contribution in [0.2, 0.25) is 5.02 Å². The zero-order valence-corrected chi connectivity index (χ0v) is 14.7. The number of nitro benzene ring substituents is 1. The quantitative estimate of drug-likeness (QED) is 0.485. The molecule has 0 atom stereocenters. The molecule has 25 heavy (non-hydrogen) atoms. The van der Waals surface area contributed by atoms with Crippen LogP contribution in [0.25, 0.3) is 10.6 Å². The van der Waals surface area contributed by atoms with Gasteiger partial charge in [0.05, 0.1) is 22.2 Å². The number of hydrogen-bond acceptors (Lipinski definition) is 7. The van der Waals surface area contributed by atoms with Crippen LogP contribution >= 0.6 is 22.9 Å². The second kappa shape index (κ2) is 7.45. The van der Waals surface area contributed by atoms with Gasteiger partial charge in [0.15, 0.2) is 0 Å². The molecule has 0 spiro atoms. The molecule has 0 bridgehead atoms. The molecular formula is C16H13ClN4O3S. The number of nitrogens with one attached hydrogen (secondary N) is 1. The van der Waals surface area contributed by atoms with Gasteiger partial charge in [0.25, 0.3) is 5.69 Å². The fourth-order valence-corrected chi connectivity index (χ4v) is 3.03. The van der Waals surface area contributed by atoms with E-state index in [-0.39, 0.29) is 5.69 Å². The summed E-state index contributed by atoms with van der Waals surface area (Å²) in [6.07, 6.45) is 0. The van der Waals surface area contributed by atoms with Crippen molar-refractivity contribution in [2.45, 2.75) is 6.92 Å². The van der Waals surface area contributed by atoms with Crippen molar-refractivity contribution in [3.05, 3.63) is 57.6 Å². The summed E-state index contributed by atoms with van der Waals surface area (Å²) in [6, 6.07) is 11.7. The summed E-state index contributed by atoms with van der Waals surface area (Å²) in [6.45, 7) is 2.50. The minimum Gasteiger partial charge on any atom is -0.494 e. The van der Waals surface area contributed by atoms with Gasteiger partial charge in [-0.3, -0.25) is 10.1 Å². The molecule has 1 heterocycles. The van der Waals surface area contributed by atoms with Crippen molar-refractivity contribution in [3.63, 3.8) is 0 Å². The fourth-order valence-electron chi connectivity index (χ4n) is 2.11. The van der Waals surface area contributed by atoms with Gasteiger partial charge in [-0.2, -0.15) is 0 Å². The first-order chi connectivity index (χ1) is 12.1. The standard InChI is InChI=1S/C16H13ClN4O3S/c1-2-24-12-5-3-4-10(8-12)15-19-20-16(25-15)18-14-9-11(21(22)23)6-7-13(14)17/h3-9H,2H2,1H3,(H,18,20). The summed E-state index contributed by atoms with van der Waals surface area (Å²) in [4.78, 5) is 10.4. The minimum atomic E-state index is -0.480. The van der Waals surface area contributed by atoms with Gasteiger partial charge in [-0.05, 0) is 25.1 Å². The Morgan fingerprint density at radius 3 is 2.88 bits per heavy atom. The Morgan fingerprint density at radius 1 is 1.28 bits per heavy atom. The molecule has 128 valence electrons. The van der Waals surface area contributed by atoms with E-state index in [2.05, 4.69) is 15.5 Å². The van der Waals surface area contributed by atoms with Crippen molar-refractivity contribution in [3.8, 4) is 16.3 Å². The van der Waals surface area contributed by atoms with Crippen LogP contribution in [-0.2, 0) is 0 Å². The number of ether oxygens (including phenoxy) is 1. The zero-order chi connectivity index (χ0) is 17.8. The molecule has 0 aliphatic rings. The van der Waals surface area contributed by atoms with E-state index in [4.69, 9.17) is 16.3 Å². The van der Waals surface area contributed by atoms with Crippen molar-refractivity contribution in [1.29, 1.82) is 0 Å². The Morgan fingerprint density at radius 2 is 2.12 bits per heavy atom. The first kappa shape index (κ1) is 17.1. The lowest BCUT2D eigenvalue weighted by atomic mass is 10.2. The molecule has 9 heteroatoms. The van der Waals surface area contributed by atoms with E-state index in [0.29, 0.717) is 27.5 Å². The molecule has 3 aromatic rings. The van der Waals surface area contributed by atoms with Crippen molar-refractivity contribution in [1.82, 2.24) is 10.2 Å². The first-order valence-electron chi connectivity index (χ1n) is 7.34. The third-order valence-corrected chi connectivity index (χ3v) is 4.44. The Labute approximate surface area is 152 Å². The average molecular weight is 377 g/mol. The summed E-state index contributed by atoms with van der Waals surface area (Å²) in [7, 11) is 0. The van der Waals surface area contributed by atoms with Crippen molar-refractivity contribution in [2.24, 2.45) is 0 Å². The second-order valence-corrected chi connectivity index (χ2v) is 6.30. The van der Waals surface area contributed by atoms with Crippen molar-refractivity contribution >= 4 is 39.4 Å². The minimum absolute atomic E-state index is 0.0546. The largest absolute Gasteiger partial charge is 0.494 e. The molecule has 0 aliphatic carbocycles. The van der Waals surface area contributed by atoms with Gasteiger partial charge in [0.2, 0.25) is 5.13 Å². The Balaban J connectivity index is 1.84. The van der Waals surface area contributed by atoms with Crippen molar-refractivity contribution in [2.75, 3.05) is 11.9 Å². The smallest absolute Gasteiger partial charge is 0.271 e. The topological polar surface area (TPSA) is 90.2 Å². The monoisotopic (exact) mass is 376 g/mol. The van der Waals surface area contributed by atoms with E-state index in [1.807, 2.05) is 31.2 Å². The molecule has 0 unspecified atom stereocenters. The van der Waals surface area contributed by atoms with Crippen LogP contribution in [-0.4, -0.2) is 21.7 Å². The lowest BCUT2D eigenvalue weighted by Crippen LogP contribution is -1.93. The van der Waals surface area contributed by atoms with Gasteiger partial charge in [-0.15, -0.1) is 10.2 Å². The molecule has 0 amide bonds. The fraction of sp³-hybridized carbons (Fsp3) is 0.125. The predicted molar refractivity (Wildman–Crippen MR) is 97.9 cm³/mol. The summed E-state index contributed by atoms with van der Waals surface area (Å²) < 4.78 is 5.48. The molecule has 2 aromatic carbocycles. The van der Waals surface area contributed by atoms with Crippen LogP contribution in [0.3, 0.4) is 0 Å². The van der Waals surface area contributed by atoms with Crippen LogP contribution in [0.4, 0.5) is 16.5 Å². The SMILES string of the molecule is CCOc1cccc(-c2nnc(Nc3cc([N+](=O)[O-])ccc3Cl)s2)c1. The van der Waals surface area contributed by atoms with E-state index in [1.54, 1.807) is 0 Å². The molecule has 7 nitrogen and oxygen atoms in total. The molecule has 1 N–H and O–H groups in total. The van der Waals surface area contributed by atoms with E-state index in [1.165, 1.54) is 29.5 Å². The number of benzene rings is 2. The highest BCUT2D eigenvalue weighted by atomic mass is 35.5. The lowest BCUT2D eigenvalue weighted by Gasteiger charge is -2.04. The number of non-ortho nitro benzene ring substituents is 1. The van der Waals surface area contributed by atoms with Crippen LogP contribution < -0.4 is 10.1 Å². The molecule has 0 saturated heterocycles. The van der Waals surface area contributed by atoms with Gasteiger partial charge in [0.1, 0.15) is 10.8 Å². The molecule has 0 radical (unpaired) electrons. The van der Waals surface area contributed by atoms with Crippen LogP contribution in [0, 0.1) is 10.1 Å². The van der Waals surface area contributed by atoms with E-state index in [9.17, 15) is 10.1 Å². The third kappa shape index (κ3) is 4.04. The predicted octanol–water partition coefficient (Wildman–Crippen LogP) is 4.91. The summed E-state index contributed by atoms with van der Waals surface area (Å²) in [5.74, 6) is 0.756. The van der Waals surface area contributed by atoms with Crippen LogP contribution in [0.1, 0.15) is 6.92 Å². The molecule has 0 fully saturated rings. The molecule has 0 aliphatic heterocycles. The number of nitro groups is 1. The van der Waals surface area contributed by atoms with Gasteiger partial charge < -0.3 is 10.1 Å². The Hall–Kier alpha value is -2.71. The van der Waals surface area contributed by atoms with E-state index >= 15 is 0 Å². The van der Waals surface area contributed by atoms with Gasteiger partial charge in [0, 0.05) is 17.7 Å². The number of aromatic nitrogens is 2. The molecule has 0 saturated carbocycles. The third-order valence-electron chi connectivity index (χ3n) is 3.22. The van der Waals surface area contributed by atoms with E-state index in [0.717, 1.165) is 11.3 Å². The Kier molecular flexibility index (Phi) is 5.11. The number of halogens is 1. The van der Waals surface area contributed by atoms with Gasteiger partial charge in [-0.25, -0.2) is 0 Å².